The molecule has 3 aromatic heterocycles. The van der Waals surface area contributed by atoms with E-state index in [4.69, 9.17) is 0 Å². The number of hydrogen-bond acceptors (Lipinski definition) is 5. The van der Waals surface area contributed by atoms with Gasteiger partial charge in [0, 0.05) is 11.7 Å². The standard InChI is InChI=1S/C21H24N6O/c1-5-15(26-20-18-19(23-10-22-18)24-11-25-20)16-9-14-8-6-7-13(4)17(14)21(28)27(16)12(2)3/h6-12,15H,5H2,1-4H3,(H2,22,23,24,25,26). The lowest BCUT2D eigenvalue weighted by atomic mass is 10.0. The molecule has 1 aromatic carbocycles. The van der Waals surface area contributed by atoms with Gasteiger partial charge in [-0.25, -0.2) is 15.0 Å². The summed E-state index contributed by atoms with van der Waals surface area (Å²) in [6.45, 7) is 8.16. The number of nitrogens with zero attached hydrogens (tertiary/aromatic N) is 4. The molecular weight excluding hydrogens is 352 g/mol. The second-order valence-corrected chi connectivity index (χ2v) is 7.30. The SMILES string of the molecule is CCC(Nc1ncnc2[nH]cnc12)c1cc2cccc(C)c2c(=O)n1C(C)C. The summed E-state index contributed by atoms with van der Waals surface area (Å²) in [6.07, 6.45) is 3.91. The second-order valence-electron chi connectivity index (χ2n) is 7.30. The van der Waals surface area contributed by atoms with Crippen LogP contribution in [0.3, 0.4) is 0 Å². The van der Waals surface area contributed by atoms with Crippen molar-refractivity contribution in [2.75, 3.05) is 5.32 Å². The van der Waals surface area contributed by atoms with Crippen molar-refractivity contribution < 1.29 is 0 Å². The van der Waals surface area contributed by atoms with Crippen LogP contribution in [0.5, 0.6) is 0 Å². The van der Waals surface area contributed by atoms with Crippen molar-refractivity contribution in [3.63, 3.8) is 0 Å². The van der Waals surface area contributed by atoms with Crippen molar-refractivity contribution in [3.8, 4) is 0 Å². The molecule has 0 aliphatic carbocycles. The average Bonchev–Trinajstić information content (AvgIpc) is 3.15. The number of benzene rings is 1. The molecule has 0 spiro atoms. The van der Waals surface area contributed by atoms with Gasteiger partial charge in [0.15, 0.2) is 11.5 Å². The smallest absolute Gasteiger partial charge is 0.259 e. The van der Waals surface area contributed by atoms with Gasteiger partial charge in [0.1, 0.15) is 11.8 Å². The van der Waals surface area contributed by atoms with E-state index < -0.39 is 0 Å². The van der Waals surface area contributed by atoms with Gasteiger partial charge in [-0.3, -0.25) is 4.79 Å². The van der Waals surface area contributed by atoms with E-state index in [1.807, 2.05) is 43.5 Å². The van der Waals surface area contributed by atoms with Gasteiger partial charge in [0.2, 0.25) is 0 Å². The first kappa shape index (κ1) is 18.2. The van der Waals surface area contributed by atoms with Gasteiger partial charge < -0.3 is 14.9 Å². The van der Waals surface area contributed by atoms with Crippen LogP contribution in [0, 0.1) is 6.92 Å². The Labute approximate surface area is 162 Å². The number of H-pyrrole nitrogens is 1. The van der Waals surface area contributed by atoms with Crippen molar-refractivity contribution in [1.29, 1.82) is 0 Å². The molecular formula is C21H24N6O. The highest BCUT2D eigenvalue weighted by atomic mass is 16.1. The Morgan fingerprint density at radius 1 is 1.21 bits per heavy atom. The molecule has 3 heterocycles. The number of anilines is 1. The van der Waals surface area contributed by atoms with Crippen molar-refractivity contribution in [2.45, 2.75) is 46.2 Å². The molecule has 1 unspecified atom stereocenters. The van der Waals surface area contributed by atoms with Gasteiger partial charge in [-0.15, -0.1) is 0 Å². The zero-order valence-corrected chi connectivity index (χ0v) is 16.5. The third-order valence-electron chi connectivity index (χ3n) is 5.13. The summed E-state index contributed by atoms with van der Waals surface area (Å²) in [6, 6.07) is 8.05. The maximum atomic E-state index is 13.3. The highest BCUT2D eigenvalue weighted by Crippen LogP contribution is 2.28. The molecule has 0 amide bonds. The fourth-order valence-corrected chi connectivity index (χ4v) is 3.79. The van der Waals surface area contributed by atoms with Crippen LogP contribution in [0.2, 0.25) is 0 Å². The Morgan fingerprint density at radius 3 is 2.79 bits per heavy atom. The number of aryl methyl sites for hydroxylation is 1. The van der Waals surface area contributed by atoms with Crippen LogP contribution in [-0.2, 0) is 0 Å². The molecule has 2 N–H and O–H groups in total. The van der Waals surface area contributed by atoms with Crippen molar-refractivity contribution in [2.24, 2.45) is 0 Å². The Morgan fingerprint density at radius 2 is 2.04 bits per heavy atom. The fraction of sp³-hybridized carbons (Fsp3) is 0.333. The Balaban J connectivity index is 1.89. The number of hydrogen-bond donors (Lipinski definition) is 2. The summed E-state index contributed by atoms with van der Waals surface area (Å²) >= 11 is 0. The van der Waals surface area contributed by atoms with E-state index in [2.05, 4.69) is 38.2 Å². The monoisotopic (exact) mass is 376 g/mol. The topological polar surface area (TPSA) is 88.5 Å². The van der Waals surface area contributed by atoms with Crippen LogP contribution < -0.4 is 10.9 Å². The molecule has 0 radical (unpaired) electrons. The number of aromatic nitrogens is 5. The number of fused-ring (bicyclic) bond motifs is 2. The maximum absolute atomic E-state index is 13.3. The summed E-state index contributed by atoms with van der Waals surface area (Å²) in [4.78, 5) is 29.2. The molecule has 4 aromatic rings. The molecule has 0 saturated carbocycles. The first-order valence-electron chi connectivity index (χ1n) is 9.56. The molecule has 144 valence electrons. The summed E-state index contributed by atoms with van der Waals surface area (Å²) in [5, 5.41) is 5.23. The largest absolute Gasteiger partial charge is 0.360 e. The first-order valence-corrected chi connectivity index (χ1v) is 9.56. The van der Waals surface area contributed by atoms with Gasteiger partial charge in [0.05, 0.1) is 17.8 Å². The lowest BCUT2D eigenvalue weighted by molar-refractivity contribution is 0.528. The van der Waals surface area contributed by atoms with Crippen molar-refractivity contribution >= 4 is 27.8 Å². The van der Waals surface area contributed by atoms with E-state index in [9.17, 15) is 4.79 Å². The lowest BCUT2D eigenvalue weighted by Crippen LogP contribution is -2.29. The summed E-state index contributed by atoms with van der Waals surface area (Å²) in [5.74, 6) is 0.658. The Hall–Kier alpha value is -3.22. The maximum Gasteiger partial charge on any atom is 0.259 e. The fourth-order valence-electron chi connectivity index (χ4n) is 3.79. The number of rotatable bonds is 5. The van der Waals surface area contributed by atoms with Crippen LogP contribution in [-0.4, -0.2) is 24.5 Å². The van der Waals surface area contributed by atoms with Crippen LogP contribution in [0.15, 0.2) is 41.7 Å². The third kappa shape index (κ3) is 2.93. The van der Waals surface area contributed by atoms with Gasteiger partial charge in [0.25, 0.3) is 5.56 Å². The molecule has 0 bridgehead atoms. The predicted octanol–water partition coefficient (Wildman–Crippen LogP) is 4.12. The van der Waals surface area contributed by atoms with Crippen LogP contribution in [0.1, 0.15) is 50.5 Å². The minimum atomic E-state index is -0.0881. The van der Waals surface area contributed by atoms with E-state index >= 15 is 0 Å². The predicted molar refractivity (Wildman–Crippen MR) is 112 cm³/mol. The molecule has 0 fully saturated rings. The van der Waals surface area contributed by atoms with E-state index in [1.165, 1.54) is 6.33 Å². The first-order chi connectivity index (χ1) is 13.5. The highest BCUT2D eigenvalue weighted by molar-refractivity contribution is 5.85. The average molecular weight is 376 g/mol. The normalized spacial score (nSPS) is 12.8. The molecule has 0 aliphatic heterocycles. The quantitative estimate of drug-likeness (QED) is 0.547. The summed E-state index contributed by atoms with van der Waals surface area (Å²) in [7, 11) is 0. The lowest BCUT2D eigenvalue weighted by Gasteiger charge is -2.25. The molecule has 0 saturated heterocycles. The molecule has 28 heavy (non-hydrogen) atoms. The highest BCUT2D eigenvalue weighted by Gasteiger charge is 2.21. The van der Waals surface area contributed by atoms with E-state index in [0.717, 1.165) is 28.5 Å². The van der Waals surface area contributed by atoms with Crippen molar-refractivity contribution in [3.05, 3.63) is 58.5 Å². The van der Waals surface area contributed by atoms with Crippen LogP contribution >= 0.6 is 0 Å². The van der Waals surface area contributed by atoms with Gasteiger partial charge >= 0.3 is 0 Å². The molecule has 4 rings (SSSR count). The zero-order valence-electron chi connectivity index (χ0n) is 16.5. The Bertz CT molecular complexity index is 1210. The number of pyridine rings is 1. The van der Waals surface area contributed by atoms with Gasteiger partial charge in [-0.05, 0) is 44.2 Å². The third-order valence-corrected chi connectivity index (χ3v) is 5.13. The number of nitrogens with one attached hydrogen (secondary N) is 2. The number of imidazole rings is 1. The van der Waals surface area contributed by atoms with Gasteiger partial charge in [-0.2, -0.15) is 0 Å². The van der Waals surface area contributed by atoms with E-state index in [0.29, 0.717) is 17.0 Å². The molecule has 7 heteroatoms. The molecule has 1 atom stereocenters. The minimum Gasteiger partial charge on any atom is -0.360 e. The summed E-state index contributed by atoms with van der Waals surface area (Å²) < 4.78 is 1.89. The number of aromatic amines is 1. The van der Waals surface area contributed by atoms with Crippen LogP contribution in [0.4, 0.5) is 5.82 Å². The van der Waals surface area contributed by atoms with E-state index in [-0.39, 0.29) is 17.6 Å². The summed E-state index contributed by atoms with van der Waals surface area (Å²) in [5.41, 5.74) is 3.37. The Kier molecular flexibility index (Phi) is 4.58. The molecule has 7 nitrogen and oxygen atoms in total. The minimum absolute atomic E-state index is 0.0400. The van der Waals surface area contributed by atoms with Crippen LogP contribution in [0.25, 0.3) is 21.9 Å². The van der Waals surface area contributed by atoms with Crippen molar-refractivity contribution in [1.82, 2.24) is 24.5 Å². The molecule has 0 aliphatic rings. The van der Waals surface area contributed by atoms with Gasteiger partial charge in [-0.1, -0.05) is 25.1 Å². The zero-order chi connectivity index (χ0) is 19.8. The van der Waals surface area contributed by atoms with E-state index in [1.54, 1.807) is 6.33 Å². The second kappa shape index (κ2) is 7.07.